The number of hydrogen-bond donors (Lipinski definition) is 3. The summed E-state index contributed by atoms with van der Waals surface area (Å²) in [5, 5.41) is 1.08. The Labute approximate surface area is 199 Å². The second kappa shape index (κ2) is 13.3. The van der Waals surface area contributed by atoms with Gasteiger partial charge in [0.25, 0.3) is 5.56 Å². The van der Waals surface area contributed by atoms with E-state index >= 15 is 0 Å². The van der Waals surface area contributed by atoms with E-state index in [-0.39, 0.29) is 36.3 Å². The molecule has 1 atom stereocenters. The van der Waals surface area contributed by atoms with Gasteiger partial charge in [-0.25, -0.2) is 4.98 Å². The maximum atomic E-state index is 12.5. The number of halogens is 2. The number of hydrogen-bond acceptors (Lipinski definition) is 6. The van der Waals surface area contributed by atoms with Crippen molar-refractivity contribution in [2.75, 3.05) is 19.6 Å². The van der Waals surface area contributed by atoms with Gasteiger partial charge in [-0.1, -0.05) is 18.6 Å². The van der Waals surface area contributed by atoms with Crippen molar-refractivity contribution in [2.24, 2.45) is 11.5 Å². The summed E-state index contributed by atoms with van der Waals surface area (Å²) in [4.78, 5) is 34.3. The van der Waals surface area contributed by atoms with Gasteiger partial charge in [-0.3, -0.25) is 9.59 Å². The number of nitrogens with one attached hydrogen (secondary N) is 1. The second-order valence-electron chi connectivity index (χ2n) is 7.71. The monoisotopic (exact) mass is 489 g/mol. The normalized spacial score (nSPS) is 15.3. The van der Waals surface area contributed by atoms with Gasteiger partial charge in [-0.15, -0.1) is 24.8 Å². The molecule has 31 heavy (non-hydrogen) atoms. The lowest BCUT2D eigenvalue weighted by molar-refractivity contribution is -0.133. The fourth-order valence-electron chi connectivity index (χ4n) is 3.73. The van der Waals surface area contributed by atoms with Crippen LogP contribution in [0.4, 0.5) is 0 Å². The van der Waals surface area contributed by atoms with E-state index in [1.165, 1.54) is 0 Å². The number of thioether (sulfide) groups is 1. The number of likely N-dealkylation sites (tertiary alicyclic amines) is 1. The number of carbonyl (C=O) groups excluding carboxylic acids is 1. The number of aromatic nitrogens is 2. The Morgan fingerprint density at radius 2 is 2.00 bits per heavy atom. The minimum atomic E-state index is -0.416. The third kappa shape index (κ3) is 7.36. The molecule has 0 unspecified atom stereocenters. The Hall–Kier alpha value is -1.32. The number of nitrogens with zero attached hydrogens (tertiary/aromatic N) is 2. The largest absolute Gasteiger partial charge is 0.341 e. The maximum Gasteiger partial charge on any atom is 0.258 e. The maximum absolute atomic E-state index is 12.5. The molecule has 2 heterocycles. The Morgan fingerprint density at radius 1 is 1.29 bits per heavy atom. The number of H-pyrrole nitrogens is 1. The third-order valence-corrected chi connectivity index (χ3v) is 6.87. The van der Waals surface area contributed by atoms with Gasteiger partial charge in [-0.05, 0) is 50.8 Å². The first-order chi connectivity index (χ1) is 14.0. The van der Waals surface area contributed by atoms with Crippen molar-refractivity contribution in [1.29, 1.82) is 0 Å². The van der Waals surface area contributed by atoms with Gasteiger partial charge < -0.3 is 21.4 Å². The highest BCUT2D eigenvalue weighted by Gasteiger charge is 2.26. The highest BCUT2D eigenvalue weighted by Crippen LogP contribution is 2.26. The van der Waals surface area contributed by atoms with Gasteiger partial charge in [0, 0.05) is 18.3 Å². The van der Waals surface area contributed by atoms with Gasteiger partial charge in [0.1, 0.15) is 5.82 Å². The summed E-state index contributed by atoms with van der Waals surface area (Å²) in [6.45, 7) is 4.09. The van der Waals surface area contributed by atoms with E-state index in [2.05, 4.69) is 9.97 Å². The molecule has 1 aliphatic heterocycles. The molecule has 0 radical (unpaired) electrons. The van der Waals surface area contributed by atoms with Gasteiger partial charge in [-0.2, -0.15) is 11.8 Å². The molecular weight excluding hydrogens is 457 g/mol. The number of para-hydroxylation sites is 1. The second-order valence-corrected chi connectivity index (χ2v) is 9.00. The molecule has 174 valence electrons. The summed E-state index contributed by atoms with van der Waals surface area (Å²) < 4.78 is 0. The van der Waals surface area contributed by atoms with Crippen LogP contribution in [0.15, 0.2) is 23.0 Å². The summed E-state index contributed by atoms with van der Waals surface area (Å²) in [5.74, 6) is 1.43. The van der Waals surface area contributed by atoms with Crippen LogP contribution >= 0.6 is 36.6 Å². The summed E-state index contributed by atoms with van der Waals surface area (Å²) in [6.07, 6.45) is 4.37. The summed E-state index contributed by atoms with van der Waals surface area (Å²) in [5.41, 5.74) is 13.2. The van der Waals surface area contributed by atoms with Crippen LogP contribution in [0.25, 0.3) is 10.9 Å². The first-order valence-corrected chi connectivity index (χ1v) is 11.4. The van der Waals surface area contributed by atoms with Crippen molar-refractivity contribution in [3.05, 3.63) is 39.9 Å². The number of aromatic amines is 1. The minimum Gasteiger partial charge on any atom is -0.341 e. The zero-order chi connectivity index (χ0) is 20.8. The molecule has 7 nitrogen and oxygen atoms in total. The van der Waals surface area contributed by atoms with Crippen LogP contribution in [-0.4, -0.2) is 51.7 Å². The Bertz CT molecular complexity index is 903. The topological polar surface area (TPSA) is 118 Å². The lowest BCUT2D eigenvalue weighted by Gasteiger charge is -2.33. The number of amides is 1. The molecule has 1 aliphatic rings. The van der Waals surface area contributed by atoms with E-state index in [1.54, 1.807) is 17.8 Å². The fraction of sp³-hybridized carbons (Fsp3) is 0.571. The number of rotatable bonds is 8. The van der Waals surface area contributed by atoms with E-state index in [0.29, 0.717) is 35.2 Å². The molecule has 0 aliphatic carbocycles. The average molecular weight is 491 g/mol. The van der Waals surface area contributed by atoms with Crippen molar-refractivity contribution >= 4 is 53.4 Å². The molecule has 1 fully saturated rings. The van der Waals surface area contributed by atoms with Crippen LogP contribution in [0.5, 0.6) is 0 Å². The number of carbonyl (C=O) groups is 1. The Morgan fingerprint density at radius 3 is 2.68 bits per heavy atom. The van der Waals surface area contributed by atoms with E-state index in [0.717, 1.165) is 49.9 Å². The van der Waals surface area contributed by atoms with E-state index in [1.807, 2.05) is 24.0 Å². The molecule has 0 bridgehead atoms. The highest BCUT2D eigenvalue weighted by molar-refractivity contribution is 7.99. The number of benzene rings is 1. The van der Waals surface area contributed by atoms with Crippen LogP contribution in [0.1, 0.15) is 43.5 Å². The van der Waals surface area contributed by atoms with Gasteiger partial charge in [0.15, 0.2) is 0 Å². The van der Waals surface area contributed by atoms with Crippen LogP contribution in [-0.2, 0) is 10.5 Å². The first-order valence-electron chi connectivity index (χ1n) is 10.3. The number of fused-ring (bicyclic) bond motifs is 1. The molecule has 0 saturated carbocycles. The average Bonchev–Trinajstić information content (AvgIpc) is 2.73. The minimum absolute atomic E-state index is 0. The van der Waals surface area contributed by atoms with Gasteiger partial charge in [0.05, 0.1) is 22.7 Å². The first kappa shape index (κ1) is 27.7. The van der Waals surface area contributed by atoms with E-state index in [4.69, 9.17) is 11.5 Å². The SMILES string of the molecule is Cc1cccc2c(=O)[nH]c(CSC3CCN(C(=O)[C@@H](N)CCCCN)CC3)nc12.Cl.Cl. The predicted octanol–water partition coefficient (Wildman–Crippen LogP) is 2.76. The van der Waals surface area contributed by atoms with Crippen molar-refractivity contribution in [1.82, 2.24) is 14.9 Å². The molecule has 1 aromatic carbocycles. The van der Waals surface area contributed by atoms with Crippen LogP contribution in [0, 0.1) is 6.92 Å². The van der Waals surface area contributed by atoms with Crippen LogP contribution in [0.2, 0.25) is 0 Å². The highest BCUT2D eigenvalue weighted by atomic mass is 35.5. The number of piperidine rings is 1. The van der Waals surface area contributed by atoms with Crippen molar-refractivity contribution in [3.63, 3.8) is 0 Å². The van der Waals surface area contributed by atoms with Crippen LogP contribution in [0.3, 0.4) is 0 Å². The van der Waals surface area contributed by atoms with E-state index < -0.39 is 6.04 Å². The molecule has 1 aromatic heterocycles. The lowest BCUT2D eigenvalue weighted by atomic mass is 10.1. The molecule has 1 amide bonds. The predicted molar refractivity (Wildman–Crippen MR) is 133 cm³/mol. The molecule has 3 rings (SSSR count). The van der Waals surface area contributed by atoms with Crippen LogP contribution < -0.4 is 17.0 Å². The number of nitrogens with two attached hydrogens (primary N) is 2. The molecule has 10 heteroatoms. The Balaban J connectivity index is 0.00000240. The third-order valence-electron chi connectivity index (χ3n) is 5.48. The smallest absolute Gasteiger partial charge is 0.258 e. The summed E-state index contributed by atoms with van der Waals surface area (Å²) in [6, 6.07) is 5.24. The standard InChI is InChI=1S/C21H31N5O2S.2ClH/c1-14-5-4-6-16-19(14)24-18(25-20(16)27)13-29-15-8-11-26(12-9-15)21(28)17(23)7-2-3-10-22;;/h4-6,15,17H,2-3,7-13,22-23H2,1H3,(H,24,25,27);2*1H/t17-;;/m0../s1. The molecule has 2 aromatic rings. The lowest BCUT2D eigenvalue weighted by Crippen LogP contribution is -2.47. The molecule has 0 spiro atoms. The number of unbranched alkanes of at least 4 members (excludes halogenated alkanes) is 1. The summed E-state index contributed by atoms with van der Waals surface area (Å²) in [7, 11) is 0. The fourth-order valence-corrected chi connectivity index (χ4v) is 4.80. The molecular formula is C21H33Cl2N5O2S. The van der Waals surface area contributed by atoms with Crippen molar-refractivity contribution in [2.45, 2.75) is 56.1 Å². The van der Waals surface area contributed by atoms with E-state index in [9.17, 15) is 9.59 Å². The van der Waals surface area contributed by atoms with Gasteiger partial charge in [0.2, 0.25) is 5.91 Å². The zero-order valence-corrected chi connectivity index (χ0v) is 20.3. The van der Waals surface area contributed by atoms with Crippen molar-refractivity contribution < 1.29 is 4.79 Å². The Kier molecular flexibility index (Phi) is 11.9. The number of aryl methyl sites for hydroxylation is 1. The molecule has 1 saturated heterocycles. The quantitative estimate of drug-likeness (QED) is 0.490. The summed E-state index contributed by atoms with van der Waals surface area (Å²) >= 11 is 1.80. The molecule has 5 N–H and O–H groups in total. The van der Waals surface area contributed by atoms with Gasteiger partial charge >= 0.3 is 0 Å². The van der Waals surface area contributed by atoms with Crippen molar-refractivity contribution in [3.8, 4) is 0 Å². The zero-order valence-electron chi connectivity index (χ0n) is 17.8.